The molecule has 0 amide bonds. The van der Waals surface area contributed by atoms with Gasteiger partial charge in [0.15, 0.2) is 6.29 Å². The van der Waals surface area contributed by atoms with Gasteiger partial charge in [-0.3, -0.25) is 0 Å². The highest BCUT2D eigenvalue weighted by Gasteiger charge is 2.57. The zero-order valence-corrected chi connectivity index (χ0v) is 20.4. The molecular weight excluding hydrogens is 448 g/mol. The molecule has 1 fully saturated rings. The summed E-state index contributed by atoms with van der Waals surface area (Å²) < 4.78 is 11.9. The van der Waals surface area contributed by atoms with Crippen molar-refractivity contribution in [3.63, 3.8) is 0 Å². The summed E-state index contributed by atoms with van der Waals surface area (Å²) in [6, 6.07) is 39.8. The van der Waals surface area contributed by atoms with Gasteiger partial charge >= 0.3 is 0 Å². The number of aliphatic hydroxyl groups excluding tert-OH is 1. The Morgan fingerprint density at radius 3 is 1.61 bits per heavy atom. The van der Waals surface area contributed by atoms with Crippen LogP contribution in [0.3, 0.4) is 0 Å². The van der Waals surface area contributed by atoms with Crippen molar-refractivity contribution in [2.45, 2.75) is 42.4 Å². The van der Waals surface area contributed by atoms with Gasteiger partial charge in [0, 0.05) is 20.0 Å². The van der Waals surface area contributed by atoms with Crippen LogP contribution in [0.15, 0.2) is 121 Å². The maximum Gasteiger partial charge on any atom is 0.160 e. The second kappa shape index (κ2) is 10.4. The van der Waals surface area contributed by atoms with Crippen molar-refractivity contribution in [1.82, 2.24) is 0 Å². The quantitative estimate of drug-likeness (QED) is 0.344. The molecule has 1 saturated heterocycles. The Hall–Kier alpha value is -3.28. The minimum atomic E-state index is -1.34. The van der Waals surface area contributed by atoms with Crippen molar-refractivity contribution < 1.29 is 19.7 Å². The van der Waals surface area contributed by atoms with E-state index in [2.05, 4.69) is 0 Å². The summed E-state index contributed by atoms with van der Waals surface area (Å²) >= 11 is 0. The molecule has 36 heavy (non-hydrogen) atoms. The minimum Gasteiger partial charge on any atom is -0.389 e. The molecule has 2 N–H and O–H groups in total. The van der Waals surface area contributed by atoms with E-state index in [4.69, 9.17) is 9.47 Å². The SMILES string of the molecule is CO[C@@H]1C[C@](O)(Cc2ccccc2)[C@@H](C(O)C(c2ccccc2)(c2ccccc2)c2ccccc2)O1. The van der Waals surface area contributed by atoms with Crippen LogP contribution < -0.4 is 0 Å². The average Bonchev–Trinajstić information content (AvgIpc) is 3.27. The fourth-order valence-corrected chi connectivity index (χ4v) is 5.71. The van der Waals surface area contributed by atoms with E-state index in [1.165, 1.54) is 0 Å². The molecule has 1 unspecified atom stereocenters. The van der Waals surface area contributed by atoms with Gasteiger partial charge in [-0.2, -0.15) is 0 Å². The predicted octanol–water partition coefficient (Wildman–Crippen LogP) is 5.12. The highest BCUT2D eigenvalue weighted by atomic mass is 16.7. The molecule has 4 aromatic rings. The smallest absolute Gasteiger partial charge is 0.160 e. The Bertz CT molecular complexity index is 1130. The van der Waals surface area contributed by atoms with Gasteiger partial charge in [0.05, 0.1) is 5.41 Å². The lowest BCUT2D eigenvalue weighted by Gasteiger charge is -2.45. The van der Waals surface area contributed by atoms with Gasteiger partial charge in [0.25, 0.3) is 0 Å². The van der Waals surface area contributed by atoms with Crippen molar-refractivity contribution >= 4 is 0 Å². The van der Waals surface area contributed by atoms with E-state index < -0.39 is 29.5 Å². The van der Waals surface area contributed by atoms with Crippen LogP contribution in [-0.2, 0) is 21.3 Å². The zero-order chi connectivity index (χ0) is 25.0. The first-order chi connectivity index (χ1) is 17.6. The van der Waals surface area contributed by atoms with E-state index in [9.17, 15) is 10.2 Å². The third kappa shape index (κ3) is 4.38. The molecule has 4 aromatic carbocycles. The molecule has 4 heteroatoms. The summed E-state index contributed by atoms with van der Waals surface area (Å²) in [5.41, 5.74) is 1.39. The minimum absolute atomic E-state index is 0.259. The maximum absolute atomic E-state index is 12.5. The third-order valence-corrected chi connectivity index (χ3v) is 7.38. The summed E-state index contributed by atoms with van der Waals surface area (Å²) in [5.74, 6) is 0. The largest absolute Gasteiger partial charge is 0.389 e. The molecule has 0 aliphatic carbocycles. The highest BCUT2D eigenvalue weighted by molar-refractivity contribution is 5.52. The molecule has 0 radical (unpaired) electrons. The first kappa shape index (κ1) is 24.4. The van der Waals surface area contributed by atoms with Crippen LogP contribution in [0.4, 0.5) is 0 Å². The van der Waals surface area contributed by atoms with Gasteiger partial charge in [-0.25, -0.2) is 0 Å². The molecule has 0 saturated carbocycles. The summed E-state index contributed by atoms with van der Waals surface area (Å²) in [6.45, 7) is 0. The highest BCUT2D eigenvalue weighted by Crippen LogP contribution is 2.48. The number of aliphatic hydroxyl groups is 2. The fraction of sp³-hybridized carbons (Fsp3) is 0.250. The average molecular weight is 481 g/mol. The summed E-state index contributed by atoms with van der Waals surface area (Å²) in [4.78, 5) is 0. The Morgan fingerprint density at radius 2 is 1.19 bits per heavy atom. The molecule has 0 aromatic heterocycles. The lowest BCUT2D eigenvalue weighted by Crippen LogP contribution is -2.56. The van der Waals surface area contributed by atoms with Crippen LogP contribution >= 0.6 is 0 Å². The fourth-order valence-electron chi connectivity index (χ4n) is 5.71. The van der Waals surface area contributed by atoms with Crippen LogP contribution in [0.2, 0.25) is 0 Å². The monoisotopic (exact) mass is 480 g/mol. The van der Waals surface area contributed by atoms with Crippen LogP contribution in [0.25, 0.3) is 0 Å². The summed E-state index contributed by atoms with van der Waals surface area (Å²) in [6.07, 6.45) is -2.07. The lowest BCUT2D eigenvalue weighted by atomic mass is 9.62. The molecule has 4 nitrogen and oxygen atoms in total. The van der Waals surface area contributed by atoms with Crippen molar-refractivity contribution in [2.24, 2.45) is 0 Å². The third-order valence-electron chi connectivity index (χ3n) is 7.38. The maximum atomic E-state index is 12.5. The van der Waals surface area contributed by atoms with E-state index in [0.717, 1.165) is 22.3 Å². The standard InChI is InChI=1S/C32H32O4/c1-35-28-23-31(34,22-24-14-6-2-7-15-24)30(36-28)29(33)32(25-16-8-3-9-17-25,26-18-10-4-11-19-26)27-20-12-5-13-21-27/h2-21,28-30,33-34H,22-23H2,1H3/t28-,29?,30+,31+/m0/s1. The Balaban J connectivity index is 1.71. The molecule has 5 rings (SSSR count). The van der Waals surface area contributed by atoms with Gasteiger partial charge in [-0.15, -0.1) is 0 Å². The van der Waals surface area contributed by atoms with Crippen molar-refractivity contribution in [3.05, 3.63) is 144 Å². The molecule has 4 atom stereocenters. The van der Waals surface area contributed by atoms with Crippen molar-refractivity contribution in [3.8, 4) is 0 Å². The summed E-state index contributed by atoms with van der Waals surface area (Å²) in [7, 11) is 1.57. The van der Waals surface area contributed by atoms with E-state index >= 15 is 0 Å². The van der Waals surface area contributed by atoms with Crippen molar-refractivity contribution in [1.29, 1.82) is 0 Å². The van der Waals surface area contributed by atoms with Crippen LogP contribution in [0, 0.1) is 0 Å². The van der Waals surface area contributed by atoms with Gasteiger partial charge < -0.3 is 19.7 Å². The van der Waals surface area contributed by atoms with E-state index in [1.54, 1.807) is 7.11 Å². The Labute approximate surface area is 212 Å². The number of benzene rings is 4. The zero-order valence-electron chi connectivity index (χ0n) is 20.4. The van der Waals surface area contributed by atoms with Gasteiger partial charge in [0.1, 0.15) is 17.8 Å². The lowest BCUT2D eigenvalue weighted by molar-refractivity contribution is -0.164. The van der Waals surface area contributed by atoms with E-state index in [1.807, 2.05) is 121 Å². The van der Waals surface area contributed by atoms with Crippen LogP contribution in [0.5, 0.6) is 0 Å². The number of hydrogen-bond donors (Lipinski definition) is 2. The first-order valence-corrected chi connectivity index (χ1v) is 12.4. The number of ether oxygens (including phenoxy) is 2. The molecule has 1 aliphatic heterocycles. The Morgan fingerprint density at radius 1 is 0.778 bits per heavy atom. The van der Waals surface area contributed by atoms with Gasteiger partial charge in [-0.1, -0.05) is 121 Å². The summed E-state index contributed by atoms with van der Waals surface area (Å²) in [5, 5.41) is 24.6. The molecule has 0 spiro atoms. The molecule has 0 bridgehead atoms. The number of hydrogen-bond acceptors (Lipinski definition) is 4. The van der Waals surface area contributed by atoms with Crippen LogP contribution in [0.1, 0.15) is 28.7 Å². The molecule has 1 aliphatic rings. The molecular formula is C32H32O4. The molecule has 1 heterocycles. The van der Waals surface area contributed by atoms with Gasteiger partial charge in [-0.05, 0) is 22.3 Å². The van der Waals surface area contributed by atoms with E-state index in [-0.39, 0.29) is 6.42 Å². The second-order valence-corrected chi connectivity index (χ2v) is 9.54. The van der Waals surface area contributed by atoms with Crippen molar-refractivity contribution in [2.75, 3.05) is 7.11 Å². The number of methoxy groups -OCH3 is 1. The van der Waals surface area contributed by atoms with Crippen LogP contribution in [-0.4, -0.2) is 41.4 Å². The number of rotatable bonds is 8. The first-order valence-electron chi connectivity index (χ1n) is 12.4. The predicted molar refractivity (Wildman–Crippen MR) is 141 cm³/mol. The Kier molecular flexibility index (Phi) is 7.04. The van der Waals surface area contributed by atoms with Gasteiger partial charge in [0.2, 0.25) is 0 Å². The topological polar surface area (TPSA) is 58.9 Å². The normalized spacial score (nSPS) is 22.9. The van der Waals surface area contributed by atoms with E-state index in [0.29, 0.717) is 6.42 Å². The second-order valence-electron chi connectivity index (χ2n) is 9.54. The molecule has 184 valence electrons.